The van der Waals surface area contributed by atoms with E-state index in [2.05, 4.69) is 10.3 Å². The first-order valence-corrected chi connectivity index (χ1v) is 9.02. The van der Waals surface area contributed by atoms with Gasteiger partial charge in [0, 0.05) is 16.0 Å². The van der Waals surface area contributed by atoms with Crippen molar-refractivity contribution in [3.05, 3.63) is 75.6 Å². The number of hydrogen-bond donors (Lipinski definition) is 1. The van der Waals surface area contributed by atoms with Gasteiger partial charge in [-0.05, 0) is 30.7 Å². The highest BCUT2D eigenvalue weighted by Crippen LogP contribution is 2.26. The quantitative estimate of drug-likeness (QED) is 0.493. The van der Waals surface area contributed by atoms with Crippen LogP contribution in [0.25, 0.3) is 17.3 Å². The molecule has 6 heteroatoms. The number of benzene rings is 2. The second kappa shape index (κ2) is 7.96. The maximum Gasteiger partial charge on any atom is 0.268 e. The van der Waals surface area contributed by atoms with Gasteiger partial charge >= 0.3 is 0 Å². The smallest absolute Gasteiger partial charge is 0.268 e. The Morgan fingerprint density at radius 3 is 2.54 bits per heavy atom. The van der Waals surface area contributed by atoms with E-state index >= 15 is 0 Å². The zero-order valence-corrected chi connectivity index (χ0v) is 15.4. The Hall–Kier alpha value is -2.94. The normalized spacial score (nSPS) is 11.0. The van der Waals surface area contributed by atoms with Crippen LogP contribution in [0, 0.1) is 18.3 Å². The molecule has 3 rings (SSSR count). The largest absolute Gasteiger partial charge is 0.297 e. The molecule has 0 spiro atoms. The van der Waals surface area contributed by atoms with Crippen LogP contribution in [-0.2, 0) is 4.79 Å². The molecule has 0 saturated heterocycles. The van der Waals surface area contributed by atoms with E-state index in [0.29, 0.717) is 10.2 Å². The second-order valence-electron chi connectivity index (χ2n) is 5.58. The number of halogens is 1. The third-order valence-corrected chi connectivity index (χ3v) is 4.63. The zero-order chi connectivity index (χ0) is 18.5. The van der Waals surface area contributed by atoms with Crippen LogP contribution >= 0.6 is 22.9 Å². The van der Waals surface area contributed by atoms with Crippen LogP contribution in [0.5, 0.6) is 0 Å². The van der Waals surface area contributed by atoms with Crippen LogP contribution in [0.2, 0.25) is 5.02 Å². The fourth-order valence-electron chi connectivity index (χ4n) is 2.23. The molecule has 1 heterocycles. The molecule has 0 saturated carbocycles. The predicted molar refractivity (Wildman–Crippen MR) is 106 cm³/mol. The highest BCUT2D eigenvalue weighted by Gasteiger charge is 2.12. The van der Waals surface area contributed by atoms with E-state index in [0.717, 1.165) is 22.4 Å². The lowest BCUT2D eigenvalue weighted by atomic mass is 10.1. The number of rotatable bonds is 4. The molecular weight excluding hydrogens is 366 g/mol. The van der Waals surface area contributed by atoms with Crippen molar-refractivity contribution < 1.29 is 4.79 Å². The van der Waals surface area contributed by atoms with Crippen molar-refractivity contribution in [3.8, 4) is 17.3 Å². The Kier molecular flexibility index (Phi) is 5.47. The summed E-state index contributed by atoms with van der Waals surface area (Å²) in [5.41, 5.74) is 3.58. The van der Waals surface area contributed by atoms with Crippen LogP contribution in [0.15, 0.2) is 59.5 Å². The summed E-state index contributed by atoms with van der Waals surface area (Å²) in [6.07, 6.45) is 1.56. The van der Waals surface area contributed by atoms with Gasteiger partial charge in [0.15, 0.2) is 5.13 Å². The molecule has 0 radical (unpaired) electrons. The fraction of sp³-hybridized carbons (Fsp3) is 0.0500. The molecule has 3 aromatic rings. The van der Waals surface area contributed by atoms with E-state index < -0.39 is 5.91 Å². The first-order valence-electron chi connectivity index (χ1n) is 7.76. The van der Waals surface area contributed by atoms with Gasteiger partial charge in [-0.1, -0.05) is 53.6 Å². The minimum Gasteiger partial charge on any atom is -0.297 e. The number of carbonyl (C=O) groups is 1. The van der Waals surface area contributed by atoms with E-state index in [9.17, 15) is 10.1 Å². The molecule has 0 atom stereocenters. The Morgan fingerprint density at radius 2 is 1.88 bits per heavy atom. The zero-order valence-electron chi connectivity index (χ0n) is 13.9. The first kappa shape index (κ1) is 17.9. The number of nitriles is 1. The van der Waals surface area contributed by atoms with Crippen molar-refractivity contribution in [3.63, 3.8) is 0 Å². The molecule has 26 heavy (non-hydrogen) atoms. The van der Waals surface area contributed by atoms with Gasteiger partial charge in [-0.15, -0.1) is 11.3 Å². The molecule has 0 aliphatic heterocycles. The van der Waals surface area contributed by atoms with E-state index in [1.165, 1.54) is 11.3 Å². The monoisotopic (exact) mass is 379 g/mol. The summed E-state index contributed by atoms with van der Waals surface area (Å²) >= 11 is 7.19. The van der Waals surface area contributed by atoms with Gasteiger partial charge in [0.1, 0.15) is 11.6 Å². The second-order valence-corrected chi connectivity index (χ2v) is 6.87. The van der Waals surface area contributed by atoms with E-state index in [-0.39, 0.29) is 5.57 Å². The number of anilines is 1. The molecule has 128 valence electrons. The molecule has 2 aromatic carbocycles. The van der Waals surface area contributed by atoms with Gasteiger partial charge in [-0.3, -0.25) is 10.1 Å². The molecule has 0 aliphatic carbocycles. The molecule has 1 N–H and O–H groups in total. The van der Waals surface area contributed by atoms with Gasteiger partial charge in [-0.25, -0.2) is 4.98 Å². The van der Waals surface area contributed by atoms with Gasteiger partial charge in [-0.2, -0.15) is 5.26 Å². The van der Waals surface area contributed by atoms with Crippen molar-refractivity contribution in [1.82, 2.24) is 4.98 Å². The summed E-state index contributed by atoms with van der Waals surface area (Å²) in [7, 11) is 0. The van der Waals surface area contributed by atoms with E-state index in [4.69, 9.17) is 11.6 Å². The Bertz CT molecular complexity index is 999. The van der Waals surface area contributed by atoms with Crippen molar-refractivity contribution in [1.29, 1.82) is 5.26 Å². The number of thiazole rings is 1. The van der Waals surface area contributed by atoms with Crippen molar-refractivity contribution >= 4 is 40.1 Å². The first-order chi connectivity index (χ1) is 12.5. The molecule has 0 bridgehead atoms. The number of aromatic nitrogens is 1. The third kappa shape index (κ3) is 4.37. The number of nitrogens with zero attached hydrogens (tertiary/aromatic N) is 2. The maximum atomic E-state index is 12.4. The maximum absolute atomic E-state index is 12.4. The van der Waals surface area contributed by atoms with Crippen molar-refractivity contribution in [2.45, 2.75) is 6.92 Å². The third-order valence-electron chi connectivity index (χ3n) is 3.62. The van der Waals surface area contributed by atoms with E-state index in [1.807, 2.05) is 54.8 Å². The Labute approximate surface area is 160 Å². The lowest BCUT2D eigenvalue weighted by Crippen LogP contribution is -2.13. The average Bonchev–Trinajstić information content (AvgIpc) is 3.10. The van der Waals surface area contributed by atoms with Crippen LogP contribution < -0.4 is 5.32 Å². The summed E-state index contributed by atoms with van der Waals surface area (Å²) in [5, 5.41) is 14.9. The lowest BCUT2D eigenvalue weighted by molar-refractivity contribution is -0.112. The lowest BCUT2D eigenvalue weighted by Gasteiger charge is -2.01. The Balaban J connectivity index is 1.75. The summed E-state index contributed by atoms with van der Waals surface area (Å²) < 4.78 is 0. The number of nitrogens with one attached hydrogen (secondary N) is 1. The van der Waals surface area contributed by atoms with Crippen molar-refractivity contribution in [2.75, 3.05) is 5.32 Å². The molecule has 1 aromatic heterocycles. The van der Waals surface area contributed by atoms with Gasteiger partial charge in [0.05, 0.1) is 5.69 Å². The topological polar surface area (TPSA) is 65.8 Å². The molecule has 0 unspecified atom stereocenters. The van der Waals surface area contributed by atoms with Gasteiger partial charge < -0.3 is 0 Å². The highest BCUT2D eigenvalue weighted by molar-refractivity contribution is 7.14. The SMILES string of the molecule is Cc1ccc(/C=C(\C#N)C(=O)Nc2nc(-c3ccc(Cl)cc3)cs2)cc1. The minimum absolute atomic E-state index is 0.0251. The number of amides is 1. The highest BCUT2D eigenvalue weighted by atomic mass is 35.5. The molecular formula is C20H14ClN3OS. The molecule has 0 aliphatic rings. The fourth-order valence-corrected chi connectivity index (χ4v) is 3.07. The Morgan fingerprint density at radius 1 is 1.19 bits per heavy atom. The average molecular weight is 380 g/mol. The number of carbonyl (C=O) groups excluding carboxylic acids is 1. The molecule has 4 nitrogen and oxygen atoms in total. The molecule has 1 amide bonds. The summed E-state index contributed by atoms with van der Waals surface area (Å²) in [6, 6.07) is 16.8. The predicted octanol–water partition coefficient (Wildman–Crippen LogP) is 5.32. The van der Waals surface area contributed by atoms with Gasteiger partial charge in [0.25, 0.3) is 5.91 Å². The van der Waals surface area contributed by atoms with Crippen molar-refractivity contribution in [2.24, 2.45) is 0 Å². The molecule has 0 fully saturated rings. The van der Waals surface area contributed by atoms with Gasteiger partial charge in [0.2, 0.25) is 0 Å². The number of hydrogen-bond acceptors (Lipinski definition) is 4. The van der Waals surface area contributed by atoms with E-state index in [1.54, 1.807) is 18.2 Å². The van der Waals surface area contributed by atoms with Crippen LogP contribution in [-0.4, -0.2) is 10.9 Å². The summed E-state index contributed by atoms with van der Waals surface area (Å²) in [6.45, 7) is 1.98. The van der Waals surface area contributed by atoms with Crippen LogP contribution in [0.3, 0.4) is 0 Å². The summed E-state index contributed by atoms with van der Waals surface area (Å²) in [4.78, 5) is 16.7. The minimum atomic E-state index is -0.481. The summed E-state index contributed by atoms with van der Waals surface area (Å²) in [5.74, 6) is -0.481. The standard InChI is InChI=1S/C20H14ClN3OS/c1-13-2-4-14(5-3-13)10-16(11-22)19(25)24-20-23-18(12-26-20)15-6-8-17(21)9-7-15/h2-10,12H,1H3,(H,23,24,25)/b16-10+. The van der Waals surface area contributed by atoms with Crippen LogP contribution in [0.1, 0.15) is 11.1 Å². The number of aryl methyl sites for hydroxylation is 1. The van der Waals surface area contributed by atoms with Crippen LogP contribution in [0.4, 0.5) is 5.13 Å².